The van der Waals surface area contributed by atoms with E-state index in [1.54, 1.807) is 0 Å². The zero-order valence-corrected chi connectivity index (χ0v) is 3.82. The molecule has 0 aromatic carbocycles. The Bertz CT molecular complexity index is 96.6. The Labute approximate surface area is 40.5 Å². The molecule has 0 saturated heterocycles. The summed E-state index contributed by atoms with van der Waals surface area (Å²) < 4.78 is 23.9. The third-order valence-corrected chi connectivity index (χ3v) is 2.07. The molecule has 0 heterocycles. The van der Waals surface area contributed by atoms with Crippen molar-refractivity contribution in [2.75, 3.05) is 0 Å². The van der Waals surface area contributed by atoms with Crippen LogP contribution in [0.5, 0.6) is 0 Å². The second kappa shape index (κ2) is 0.721. The summed E-state index contributed by atoms with van der Waals surface area (Å²) in [5, 5.41) is 0. The van der Waals surface area contributed by atoms with Gasteiger partial charge in [-0.3, -0.25) is 0 Å². The molecule has 7 heavy (non-hydrogen) atoms. The van der Waals surface area contributed by atoms with Crippen LogP contribution in [0.4, 0.5) is 8.78 Å². The fourth-order valence-corrected chi connectivity index (χ4v) is 1.09. The van der Waals surface area contributed by atoms with E-state index in [0.717, 1.165) is 12.8 Å². The lowest BCUT2D eigenvalue weighted by atomic mass is 10.4. The Balaban J connectivity index is 2.17. The van der Waals surface area contributed by atoms with Crippen molar-refractivity contribution < 1.29 is 8.78 Å². The maximum Gasteiger partial charge on any atom is 0.140 e. The van der Waals surface area contributed by atoms with E-state index in [2.05, 4.69) is 0 Å². The number of hydrogen-bond donors (Lipinski definition) is 0. The van der Waals surface area contributed by atoms with Crippen molar-refractivity contribution in [3.8, 4) is 0 Å². The molecule has 2 unspecified atom stereocenters. The van der Waals surface area contributed by atoms with Crippen molar-refractivity contribution in [1.82, 2.24) is 0 Å². The van der Waals surface area contributed by atoms with Crippen molar-refractivity contribution in [2.24, 2.45) is 5.41 Å². The molecule has 2 fully saturated rings. The van der Waals surface area contributed by atoms with Gasteiger partial charge < -0.3 is 0 Å². The van der Waals surface area contributed by atoms with Gasteiger partial charge in [-0.1, -0.05) is 0 Å². The predicted octanol–water partition coefficient (Wildman–Crippen LogP) is 1.46. The van der Waals surface area contributed by atoms with Gasteiger partial charge in [0.15, 0.2) is 0 Å². The molecule has 2 aliphatic carbocycles. The van der Waals surface area contributed by atoms with Crippen LogP contribution in [0.3, 0.4) is 0 Å². The summed E-state index contributed by atoms with van der Waals surface area (Å²) in [6, 6.07) is 0. The van der Waals surface area contributed by atoms with Crippen LogP contribution >= 0.6 is 0 Å². The molecule has 2 saturated carbocycles. The van der Waals surface area contributed by atoms with Gasteiger partial charge in [0.05, 0.1) is 0 Å². The van der Waals surface area contributed by atoms with E-state index < -0.39 is 17.8 Å². The van der Waals surface area contributed by atoms with Crippen molar-refractivity contribution in [3.63, 3.8) is 0 Å². The van der Waals surface area contributed by atoms with Gasteiger partial charge in [0.2, 0.25) is 0 Å². The van der Waals surface area contributed by atoms with E-state index in [0.29, 0.717) is 0 Å². The van der Waals surface area contributed by atoms with E-state index in [9.17, 15) is 8.78 Å². The van der Waals surface area contributed by atoms with Gasteiger partial charge in [-0.2, -0.15) is 0 Å². The summed E-state index contributed by atoms with van der Waals surface area (Å²) in [7, 11) is 0. The molecule has 40 valence electrons. The fourth-order valence-electron chi connectivity index (χ4n) is 1.09. The Hall–Kier alpha value is -0.140. The molecule has 0 nitrogen and oxygen atoms in total. The van der Waals surface area contributed by atoms with Gasteiger partial charge in [-0.15, -0.1) is 0 Å². The Morgan fingerprint density at radius 2 is 1.57 bits per heavy atom. The molecule has 0 radical (unpaired) electrons. The maximum absolute atomic E-state index is 12.0. The minimum atomic E-state index is -1.09. The number of halogens is 2. The lowest BCUT2D eigenvalue weighted by Gasteiger charge is -1.67. The van der Waals surface area contributed by atoms with Crippen LogP contribution in [-0.2, 0) is 0 Å². The maximum atomic E-state index is 12.0. The SMILES string of the molecule is FC1C(F)C12CC2. The van der Waals surface area contributed by atoms with Gasteiger partial charge in [-0.25, -0.2) is 8.78 Å². The summed E-state index contributed by atoms with van der Waals surface area (Å²) in [4.78, 5) is 0. The minimum Gasteiger partial charge on any atom is -0.244 e. The van der Waals surface area contributed by atoms with E-state index in [-0.39, 0.29) is 0 Å². The van der Waals surface area contributed by atoms with Gasteiger partial charge in [0.1, 0.15) is 12.3 Å². The van der Waals surface area contributed by atoms with Crippen LogP contribution in [0.2, 0.25) is 0 Å². The molecule has 2 heteroatoms. The molecule has 1 spiro atoms. The average molecular weight is 104 g/mol. The first-order valence-corrected chi connectivity index (χ1v) is 2.55. The first-order chi connectivity index (χ1) is 3.27. The molecule has 0 amide bonds. The lowest BCUT2D eigenvalue weighted by Crippen LogP contribution is -1.69. The van der Waals surface area contributed by atoms with Gasteiger partial charge >= 0.3 is 0 Å². The quantitative estimate of drug-likeness (QED) is 0.436. The third-order valence-electron chi connectivity index (χ3n) is 2.07. The fraction of sp³-hybridized carbons (Fsp3) is 1.00. The minimum absolute atomic E-state index is 0.417. The second-order valence-electron chi connectivity index (χ2n) is 2.54. The van der Waals surface area contributed by atoms with Crippen molar-refractivity contribution in [2.45, 2.75) is 25.2 Å². The highest BCUT2D eigenvalue weighted by molar-refractivity contribution is 5.22. The molecule has 0 aliphatic heterocycles. The lowest BCUT2D eigenvalue weighted by molar-refractivity contribution is 0.372. The normalized spacial score (nSPS) is 52.3. The second-order valence-corrected chi connectivity index (χ2v) is 2.54. The highest BCUT2D eigenvalue weighted by Gasteiger charge is 2.74. The topological polar surface area (TPSA) is 0 Å². The van der Waals surface area contributed by atoms with Crippen molar-refractivity contribution >= 4 is 0 Å². The molecule has 0 aromatic rings. The zero-order chi connectivity index (χ0) is 5.07. The molecule has 2 atom stereocenters. The number of alkyl halides is 2. The van der Waals surface area contributed by atoms with Gasteiger partial charge in [0, 0.05) is 5.41 Å². The van der Waals surface area contributed by atoms with E-state index in [4.69, 9.17) is 0 Å². The van der Waals surface area contributed by atoms with E-state index >= 15 is 0 Å². The highest BCUT2D eigenvalue weighted by atomic mass is 19.2. The molecule has 2 aliphatic rings. The molecule has 0 aromatic heterocycles. The van der Waals surface area contributed by atoms with Gasteiger partial charge in [0.25, 0.3) is 0 Å². The third kappa shape index (κ3) is 0.245. The van der Waals surface area contributed by atoms with E-state index in [1.807, 2.05) is 0 Å². The molecule has 0 N–H and O–H groups in total. The van der Waals surface area contributed by atoms with Crippen LogP contribution in [0.15, 0.2) is 0 Å². The van der Waals surface area contributed by atoms with Crippen LogP contribution in [0, 0.1) is 5.41 Å². The summed E-state index contributed by atoms with van der Waals surface area (Å²) >= 11 is 0. The van der Waals surface area contributed by atoms with Crippen LogP contribution in [0.25, 0.3) is 0 Å². The monoisotopic (exact) mass is 104 g/mol. The summed E-state index contributed by atoms with van der Waals surface area (Å²) in [5.74, 6) is 0. The van der Waals surface area contributed by atoms with Crippen LogP contribution < -0.4 is 0 Å². The number of rotatable bonds is 0. The molecule has 2 rings (SSSR count). The molecular weight excluding hydrogens is 98.1 g/mol. The van der Waals surface area contributed by atoms with E-state index in [1.165, 1.54) is 0 Å². The Kier molecular flexibility index (Phi) is 0.392. The van der Waals surface area contributed by atoms with Crippen LogP contribution in [-0.4, -0.2) is 12.3 Å². The largest absolute Gasteiger partial charge is 0.244 e. The standard InChI is InChI=1S/C5H6F2/c6-3-4(7)5(3)1-2-5/h3-4H,1-2H2. The van der Waals surface area contributed by atoms with Crippen molar-refractivity contribution in [1.29, 1.82) is 0 Å². The summed E-state index contributed by atoms with van der Waals surface area (Å²) in [6.07, 6.45) is -0.606. The smallest absolute Gasteiger partial charge is 0.140 e. The van der Waals surface area contributed by atoms with Crippen LogP contribution in [0.1, 0.15) is 12.8 Å². The number of hydrogen-bond acceptors (Lipinski definition) is 0. The first-order valence-electron chi connectivity index (χ1n) is 2.55. The predicted molar refractivity (Wildman–Crippen MR) is 21.5 cm³/mol. The Morgan fingerprint density at radius 1 is 1.14 bits per heavy atom. The summed E-state index contributed by atoms with van der Waals surface area (Å²) in [6.45, 7) is 0. The van der Waals surface area contributed by atoms with Crippen molar-refractivity contribution in [3.05, 3.63) is 0 Å². The zero-order valence-electron chi connectivity index (χ0n) is 3.82. The average Bonchev–Trinajstić information content (AvgIpc) is 2.47. The highest BCUT2D eigenvalue weighted by Crippen LogP contribution is 2.69. The summed E-state index contributed by atoms with van der Waals surface area (Å²) in [5.41, 5.74) is -0.417. The Morgan fingerprint density at radius 3 is 1.57 bits per heavy atom. The van der Waals surface area contributed by atoms with Gasteiger partial charge in [-0.05, 0) is 12.8 Å². The first kappa shape index (κ1) is 3.81. The molecular formula is C5H6F2. The molecule has 0 bridgehead atoms.